The van der Waals surface area contributed by atoms with Gasteiger partial charge in [0.05, 0.1) is 31.5 Å². The van der Waals surface area contributed by atoms with Gasteiger partial charge in [-0.05, 0) is 44.4 Å². The van der Waals surface area contributed by atoms with E-state index in [1.54, 1.807) is 11.8 Å². The van der Waals surface area contributed by atoms with Crippen molar-refractivity contribution in [2.24, 2.45) is 17.6 Å². The van der Waals surface area contributed by atoms with Gasteiger partial charge in [-0.2, -0.15) is 0 Å². The van der Waals surface area contributed by atoms with Gasteiger partial charge in [-0.15, -0.1) is 0 Å². The number of nitrogens with one attached hydrogen (secondary N) is 1. The summed E-state index contributed by atoms with van der Waals surface area (Å²) in [6.45, 7) is 3.92. The molecule has 14 atom stereocenters. The molecule has 3 saturated heterocycles. The van der Waals surface area contributed by atoms with Crippen molar-refractivity contribution in [2.75, 3.05) is 26.2 Å². The van der Waals surface area contributed by atoms with Crippen LogP contribution in [0.1, 0.15) is 84.5 Å². The second kappa shape index (κ2) is 17.8. The van der Waals surface area contributed by atoms with Gasteiger partial charge in [0.15, 0.2) is 12.6 Å². The van der Waals surface area contributed by atoms with Crippen LogP contribution in [-0.2, 0) is 33.3 Å². The smallest absolute Gasteiger partial charge is 0.251 e. The van der Waals surface area contributed by atoms with Crippen LogP contribution in [0.2, 0.25) is 0 Å². The van der Waals surface area contributed by atoms with E-state index in [1.807, 2.05) is 6.92 Å². The van der Waals surface area contributed by atoms with Crippen LogP contribution in [0.4, 0.5) is 0 Å². The fourth-order valence-electron chi connectivity index (χ4n) is 8.06. The van der Waals surface area contributed by atoms with Gasteiger partial charge in [-0.25, -0.2) is 0 Å². The Kier molecular flexibility index (Phi) is 14.1. The quantitative estimate of drug-likeness (QED) is 0.126. The van der Waals surface area contributed by atoms with E-state index in [0.29, 0.717) is 32.4 Å². The van der Waals surface area contributed by atoms with Crippen molar-refractivity contribution < 1.29 is 58.8 Å². The highest BCUT2D eigenvalue weighted by molar-refractivity contribution is 5.81. The molecular formula is C34H59N3O12. The summed E-state index contributed by atoms with van der Waals surface area (Å²) in [5.74, 6) is -0.456. The van der Waals surface area contributed by atoms with E-state index in [0.717, 1.165) is 51.4 Å². The summed E-state index contributed by atoms with van der Waals surface area (Å²) in [5.41, 5.74) is 5.70. The third kappa shape index (κ3) is 9.12. The zero-order chi connectivity index (χ0) is 35.2. The molecule has 5 fully saturated rings. The van der Waals surface area contributed by atoms with E-state index >= 15 is 0 Å². The highest BCUT2D eigenvalue weighted by atomic mass is 16.7. The van der Waals surface area contributed by atoms with Gasteiger partial charge < -0.3 is 65.2 Å². The lowest BCUT2D eigenvalue weighted by Gasteiger charge is -2.49. The molecule has 2 amide bonds. The molecule has 15 nitrogen and oxygen atoms in total. The molecular weight excluding hydrogens is 642 g/mol. The summed E-state index contributed by atoms with van der Waals surface area (Å²) < 4.78 is 31.4. The van der Waals surface area contributed by atoms with Crippen molar-refractivity contribution >= 4 is 11.8 Å². The predicted molar refractivity (Wildman–Crippen MR) is 174 cm³/mol. The van der Waals surface area contributed by atoms with Crippen molar-refractivity contribution in [3.63, 3.8) is 0 Å². The van der Waals surface area contributed by atoms with Crippen LogP contribution in [0.25, 0.3) is 0 Å². The van der Waals surface area contributed by atoms with E-state index in [2.05, 4.69) is 5.32 Å². The summed E-state index contributed by atoms with van der Waals surface area (Å²) in [6.07, 6.45) is -4.01. The van der Waals surface area contributed by atoms with Crippen LogP contribution in [0, 0.1) is 11.8 Å². The summed E-state index contributed by atoms with van der Waals surface area (Å²) in [4.78, 5) is 28.3. The number of nitrogens with two attached hydrogens (primary N) is 1. The van der Waals surface area contributed by atoms with E-state index < -0.39 is 92.2 Å². The molecule has 49 heavy (non-hydrogen) atoms. The van der Waals surface area contributed by atoms with Crippen LogP contribution >= 0.6 is 0 Å². The molecule has 15 heteroatoms. The van der Waals surface area contributed by atoms with Crippen LogP contribution in [0.5, 0.6) is 0 Å². The number of ether oxygens (including phenoxy) is 5. The van der Waals surface area contributed by atoms with Crippen LogP contribution in [0.3, 0.4) is 0 Å². The fourth-order valence-corrected chi connectivity index (χ4v) is 8.06. The lowest BCUT2D eigenvalue weighted by atomic mass is 9.82. The van der Waals surface area contributed by atoms with Gasteiger partial charge in [0.1, 0.15) is 48.8 Å². The Bertz CT molecular complexity index is 1060. The molecule has 2 aliphatic carbocycles. The van der Waals surface area contributed by atoms with Crippen LogP contribution in [-0.4, -0.2) is 148 Å². The minimum atomic E-state index is -1.51. The van der Waals surface area contributed by atoms with Gasteiger partial charge in [0.25, 0.3) is 5.91 Å². The molecule has 0 aromatic rings. The number of aliphatic hydroxyl groups is 5. The number of hydrogen-bond donors (Lipinski definition) is 7. The number of likely N-dealkylation sites (tertiary alicyclic amines) is 1. The Morgan fingerprint density at radius 1 is 0.878 bits per heavy atom. The summed E-state index contributed by atoms with van der Waals surface area (Å²) in [5, 5.41) is 56.0. The van der Waals surface area contributed by atoms with Crippen molar-refractivity contribution in [3.8, 4) is 0 Å². The monoisotopic (exact) mass is 701 g/mol. The second-order valence-corrected chi connectivity index (χ2v) is 14.6. The average Bonchev–Trinajstić information content (AvgIpc) is 3.08. The van der Waals surface area contributed by atoms with Crippen LogP contribution in [0.15, 0.2) is 0 Å². The third-order valence-corrected chi connectivity index (χ3v) is 11.2. The maximum absolute atomic E-state index is 13.7. The SMILES string of the molecule is CCC1CCC[C@@H](O[C@@H]2OC(CO)[C@H](O)C(O[C@@H](CC3CCCCC3)C(=O)N3CCC3)C2NC(=O)CN)C1O[C@@H]1OC(C)[C@@H](O)C(O)C1O. The minimum absolute atomic E-state index is 0.0326. The average molecular weight is 702 g/mol. The standard InChI is InChI=1S/C34H59N3O12/c1-3-20-11-7-12-21(30(20)49-34-29(43)28(42)26(40)18(2)45-34)47-33-25(36-24(39)16-35)31(27(41)23(17-38)48-33)46-22(32(44)37-13-8-14-37)15-19-9-5-4-6-10-19/h18-23,25-31,33-34,38,40-43H,3-17,35H2,1-2H3,(H,36,39)/t18?,20?,21-,22+,23?,25?,26-,27+,28?,29?,30?,31?,33-,34+/m1/s1. The molecule has 2 saturated carbocycles. The van der Waals surface area contributed by atoms with Crippen molar-refractivity contribution in [3.05, 3.63) is 0 Å². The Morgan fingerprint density at radius 2 is 1.61 bits per heavy atom. The Hall–Kier alpha value is -1.50. The number of carbonyl (C=O) groups is 2. The van der Waals surface area contributed by atoms with Gasteiger partial charge in [-0.3, -0.25) is 9.59 Å². The van der Waals surface area contributed by atoms with E-state index in [1.165, 1.54) is 0 Å². The molecule has 0 aromatic heterocycles. The molecule has 0 spiro atoms. The van der Waals surface area contributed by atoms with Crippen molar-refractivity contribution in [2.45, 2.75) is 164 Å². The minimum Gasteiger partial charge on any atom is -0.394 e. The number of aliphatic hydroxyl groups excluding tert-OH is 5. The topological polar surface area (TPSA) is 223 Å². The highest BCUT2D eigenvalue weighted by Gasteiger charge is 2.52. The maximum Gasteiger partial charge on any atom is 0.251 e. The summed E-state index contributed by atoms with van der Waals surface area (Å²) in [7, 11) is 0. The molecule has 3 aliphatic heterocycles. The van der Waals surface area contributed by atoms with Crippen molar-refractivity contribution in [1.82, 2.24) is 10.2 Å². The Morgan fingerprint density at radius 3 is 2.24 bits per heavy atom. The van der Waals surface area contributed by atoms with Gasteiger partial charge in [0, 0.05) is 13.1 Å². The van der Waals surface area contributed by atoms with Gasteiger partial charge in [-0.1, -0.05) is 51.9 Å². The number of carbonyl (C=O) groups excluding carboxylic acids is 2. The number of nitrogens with zero attached hydrogens (tertiary/aromatic N) is 1. The first-order chi connectivity index (χ1) is 23.6. The first-order valence-electron chi connectivity index (χ1n) is 18.4. The van der Waals surface area contributed by atoms with Gasteiger partial charge >= 0.3 is 0 Å². The van der Waals surface area contributed by atoms with E-state index in [-0.39, 0.29) is 24.3 Å². The number of amides is 2. The highest BCUT2D eigenvalue weighted by Crippen LogP contribution is 2.38. The summed E-state index contributed by atoms with van der Waals surface area (Å²) in [6, 6.07) is -1.11. The molecule has 8 unspecified atom stereocenters. The Balaban J connectivity index is 1.40. The zero-order valence-electron chi connectivity index (χ0n) is 28.9. The largest absolute Gasteiger partial charge is 0.394 e. The fraction of sp³-hybridized carbons (Fsp3) is 0.941. The molecule has 8 N–H and O–H groups in total. The predicted octanol–water partition coefficient (Wildman–Crippen LogP) is -0.727. The third-order valence-electron chi connectivity index (χ3n) is 11.2. The second-order valence-electron chi connectivity index (χ2n) is 14.6. The maximum atomic E-state index is 13.7. The first kappa shape index (κ1) is 38.7. The molecule has 0 bridgehead atoms. The normalized spacial score (nSPS) is 41.1. The van der Waals surface area contributed by atoms with Gasteiger partial charge in [0.2, 0.25) is 5.91 Å². The Labute approximate surface area is 288 Å². The molecule has 0 radical (unpaired) electrons. The molecule has 0 aromatic carbocycles. The molecule has 282 valence electrons. The van der Waals surface area contributed by atoms with E-state index in [4.69, 9.17) is 29.4 Å². The van der Waals surface area contributed by atoms with E-state index in [9.17, 15) is 35.1 Å². The van der Waals surface area contributed by atoms with Crippen LogP contribution < -0.4 is 11.1 Å². The molecule has 5 rings (SSSR count). The number of hydrogen-bond acceptors (Lipinski definition) is 13. The lowest BCUT2D eigenvalue weighted by Crippen LogP contribution is -2.68. The molecule has 5 aliphatic rings. The number of rotatable bonds is 13. The zero-order valence-corrected chi connectivity index (χ0v) is 28.9. The molecule has 3 heterocycles. The summed E-state index contributed by atoms with van der Waals surface area (Å²) >= 11 is 0. The lowest BCUT2D eigenvalue weighted by molar-refractivity contribution is -0.337. The first-order valence-corrected chi connectivity index (χ1v) is 18.4. The van der Waals surface area contributed by atoms with Crippen molar-refractivity contribution in [1.29, 1.82) is 0 Å².